The van der Waals surface area contributed by atoms with E-state index in [1.807, 2.05) is 6.07 Å². The van der Waals surface area contributed by atoms with Gasteiger partial charge in [0.05, 0.1) is 0 Å². The molecule has 0 bridgehead atoms. The summed E-state index contributed by atoms with van der Waals surface area (Å²) in [5.74, 6) is 0. The first kappa shape index (κ1) is 10.8. The van der Waals surface area contributed by atoms with Crippen LogP contribution >= 0.6 is 0 Å². The van der Waals surface area contributed by atoms with Crippen LogP contribution in [0.25, 0.3) is 10.8 Å². The maximum Gasteiger partial charge on any atom is 0.0239 e. The van der Waals surface area contributed by atoms with E-state index in [2.05, 4.69) is 41.3 Å². The number of rotatable bonds is 2. The van der Waals surface area contributed by atoms with Crippen LogP contribution < -0.4 is 0 Å². The average Bonchev–Trinajstić information content (AvgIpc) is 2.40. The van der Waals surface area contributed by atoms with Crippen LogP contribution in [0, 0.1) is 6.07 Å². The Hall–Kier alpha value is -1.34. The van der Waals surface area contributed by atoms with Crippen molar-refractivity contribution in [1.82, 2.24) is 4.90 Å². The molecule has 1 aliphatic heterocycles. The van der Waals surface area contributed by atoms with Gasteiger partial charge < -0.3 is 0 Å². The van der Waals surface area contributed by atoms with Crippen molar-refractivity contribution in [2.45, 2.75) is 25.8 Å². The van der Waals surface area contributed by atoms with Crippen molar-refractivity contribution in [3.8, 4) is 0 Å². The quantitative estimate of drug-likeness (QED) is 0.753. The van der Waals surface area contributed by atoms with Gasteiger partial charge in [0.1, 0.15) is 0 Å². The first-order valence-electron chi connectivity index (χ1n) is 6.54. The van der Waals surface area contributed by atoms with Crippen LogP contribution in [0.15, 0.2) is 36.4 Å². The van der Waals surface area contributed by atoms with E-state index in [9.17, 15) is 0 Å². The fourth-order valence-corrected chi connectivity index (χ4v) is 2.71. The largest absolute Gasteiger partial charge is 0.299 e. The van der Waals surface area contributed by atoms with Crippen molar-refractivity contribution < 1.29 is 0 Å². The normalized spacial score (nSPS) is 17.4. The predicted molar refractivity (Wildman–Crippen MR) is 71.9 cm³/mol. The van der Waals surface area contributed by atoms with Crippen LogP contribution in [0.3, 0.4) is 0 Å². The van der Waals surface area contributed by atoms with E-state index in [4.69, 9.17) is 0 Å². The third-order valence-corrected chi connectivity index (χ3v) is 3.64. The van der Waals surface area contributed by atoms with Gasteiger partial charge in [0.2, 0.25) is 0 Å². The predicted octanol–water partition coefficient (Wildman–Crippen LogP) is 3.63. The fraction of sp³-hybridized carbons (Fsp3) is 0.375. The Kier molecular flexibility index (Phi) is 3.10. The second-order valence-corrected chi connectivity index (χ2v) is 4.89. The van der Waals surface area contributed by atoms with Gasteiger partial charge in [-0.3, -0.25) is 4.90 Å². The molecule has 2 aromatic rings. The highest BCUT2D eigenvalue weighted by molar-refractivity contribution is 5.85. The molecule has 2 aromatic carbocycles. The van der Waals surface area contributed by atoms with E-state index in [-0.39, 0.29) is 0 Å². The number of nitrogens with zero attached hydrogens (tertiary/aromatic N) is 1. The standard InChI is InChI=1S/C16H18N/c1-4-11-17(12-5-1)13-15-9-6-8-14-7-2-3-10-16(14)15/h2-3,6,8-10H,1,4-5,11-13H2. The Bertz CT molecular complexity index is 492. The number of piperidine rings is 1. The zero-order valence-corrected chi connectivity index (χ0v) is 10.2. The minimum atomic E-state index is 1.09. The van der Waals surface area contributed by atoms with Gasteiger partial charge in [0, 0.05) is 6.54 Å². The number of benzene rings is 2. The summed E-state index contributed by atoms with van der Waals surface area (Å²) in [5.41, 5.74) is 1.45. The lowest BCUT2D eigenvalue weighted by Crippen LogP contribution is -2.29. The second kappa shape index (κ2) is 4.89. The summed E-state index contributed by atoms with van der Waals surface area (Å²) in [4.78, 5) is 2.57. The number of likely N-dealkylation sites (tertiary alicyclic amines) is 1. The maximum atomic E-state index is 3.31. The van der Waals surface area contributed by atoms with Gasteiger partial charge >= 0.3 is 0 Å². The van der Waals surface area contributed by atoms with Gasteiger partial charge in [-0.25, -0.2) is 0 Å². The number of fused-ring (bicyclic) bond motifs is 1. The lowest BCUT2D eigenvalue weighted by Gasteiger charge is -2.26. The van der Waals surface area contributed by atoms with Gasteiger partial charge in [-0.2, -0.15) is 0 Å². The zero-order valence-electron chi connectivity index (χ0n) is 10.2. The first-order chi connectivity index (χ1) is 8.43. The Labute approximate surface area is 103 Å². The summed E-state index contributed by atoms with van der Waals surface area (Å²) in [6.45, 7) is 3.61. The van der Waals surface area contributed by atoms with Crippen molar-refractivity contribution in [3.05, 3.63) is 48.0 Å². The molecular weight excluding hydrogens is 206 g/mol. The highest BCUT2D eigenvalue weighted by atomic mass is 15.1. The van der Waals surface area contributed by atoms with Crippen LogP contribution in [0.2, 0.25) is 0 Å². The lowest BCUT2D eigenvalue weighted by molar-refractivity contribution is 0.221. The van der Waals surface area contributed by atoms with Crippen LogP contribution in [0.1, 0.15) is 24.8 Å². The van der Waals surface area contributed by atoms with Crippen LogP contribution in [0.5, 0.6) is 0 Å². The Morgan fingerprint density at radius 3 is 2.76 bits per heavy atom. The van der Waals surface area contributed by atoms with Crippen LogP contribution in [0.4, 0.5) is 0 Å². The summed E-state index contributed by atoms with van der Waals surface area (Å²) >= 11 is 0. The van der Waals surface area contributed by atoms with Crippen molar-refractivity contribution in [1.29, 1.82) is 0 Å². The van der Waals surface area contributed by atoms with E-state index < -0.39 is 0 Å². The van der Waals surface area contributed by atoms with Crippen molar-refractivity contribution >= 4 is 10.8 Å². The van der Waals surface area contributed by atoms with Gasteiger partial charge in [-0.15, -0.1) is 0 Å². The summed E-state index contributed by atoms with van der Waals surface area (Å²) in [5, 5.41) is 2.60. The topological polar surface area (TPSA) is 3.24 Å². The molecular formula is C16H18N. The Morgan fingerprint density at radius 1 is 1.00 bits per heavy atom. The highest BCUT2D eigenvalue weighted by Gasteiger charge is 2.11. The zero-order chi connectivity index (χ0) is 11.5. The molecule has 1 saturated heterocycles. The molecule has 0 amide bonds. The van der Waals surface area contributed by atoms with Gasteiger partial charge in [0.25, 0.3) is 0 Å². The Morgan fingerprint density at radius 2 is 1.88 bits per heavy atom. The van der Waals surface area contributed by atoms with Gasteiger partial charge in [0.15, 0.2) is 0 Å². The van der Waals surface area contributed by atoms with E-state index >= 15 is 0 Å². The molecule has 0 spiro atoms. The van der Waals surface area contributed by atoms with E-state index in [1.165, 1.54) is 48.7 Å². The van der Waals surface area contributed by atoms with E-state index in [1.54, 1.807) is 0 Å². The van der Waals surface area contributed by atoms with Gasteiger partial charge in [-0.1, -0.05) is 42.8 Å². The van der Waals surface area contributed by atoms with E-state index in [0.717, 1.165) is 6.54 Å². The molecule has 0 unspecified atom stereocenters. The number of hydrogen-bond acceptors (Lipinski definition) is 1. The minimum Gasteiger partial charge on any atom is -0.299 e. The van der Waals surface area contributed by atoms with Crippen molar-refractivity contribution in [2.24, 2.45) is 0 Å². The summed E-state index contributed by atoms with van der Waals surface area (Å²) in [6.07, 6.45) is 4.12. The molecule has 0 aliphatic carbocycles. The molecule has 1 nitrogen and oxygen atoms in total. The molecule has 3 rings (SSSR count). The summed E-state index contributed by atoms with van der Waals surface area (Å²) in [7, 11) is 0. The average molecular weight is 224 g/mol. The molecule has 1 fully saturated rings. The minimum absolute atomic E-state index is 1.09. The van der Waals surface area contributed by atoms with Crippen molar-refractivity contribution in [2.75, 3.05) is 13.1 Å². The summed E-state index contributed by atoms with van der Waals surface area (Å²) in [6, 6.07) is 16.2. The lowest BCUT2D eigenvalue weighted by atomic mass is 10.0. The number of hydrogen-bond donors (Lipinski definition) is 0. The fourth-order valence-electron chi connectivity index (χ4n) is 2.71. The molecule has 17 heavy (non-hydrogen) atoms. The molecule has 1 radical (unpaired) electrons. The molecule has 1 aliphatic rings. The Balaban J connectivity index is 1.89. The molecule has 0 N–H and O–H groups in total. The van der Waals surface area contributed by atoms with Crippen LogP contribution in [-0.2, 0) is 6.54 Å². The third-order valence-electron chi connectivity index (χ3n) is 3.64. The monoisotopic (exact) mass is 224 g/mol. The summed E-state index contributed by atoms with van der Waals surface area (Å²) < 4.78 is 0. The van der Waals surface area contributed by atoms with Crippen molar-refractivity contribution in [3.63, 3.8) is 0 Å². The van der Waals surface area contributed by atoms with Crippen LogP contribution in [-0.4, -0.2) is 18.0 Å². The second-order valence-electron chi connectivity index (χ2n) is 4.89. The van der Waals surface area contributed by atoms with Gasteiger partial charge in [-0.05, 0) is 48.3 Å². The van der Waals surface area contributed by atoms with E-state index in [0.29, 0.717) is 0 Å². The molecule has 1 heterocycles. The molecule has 0 saturated carbocycles. The third kappa shape index (κ3) is 2.34. The molecule has 1 heteroatoms. The molecule has 87 valence electrons. The highest BCUT2D eigenvalue weighted by Crippen LogP contribution is 2.21. The SMILES string of the molecule is [c]1cccc2c(CN3CCCCC3)cccc12. The first-order valence-corrected chi connectivity index (χ1v) is 6.54. The molecule has 0 aromatic heterocycles. The maximum absolute atomic E-state index is 3.31. The molecule has 0 atom stereocenters. The smallest absolute Gasteiger partial charge is 0.0239 e.